The van der Waals surface area contributed by atoms with Crippen LogP contribution in [0.15, 0.2) is 41.0 Å². The molecule has 0 amide bonds. The van der Waals surface area contributed by atoms with Gasteiger partial charge in [-0.3, -0.25) is 0 Å². The summed E-state index contributed by atoms with van der Waals surface area (Å²) in [5.74, 6) is 1.64. The first-order chi connectivity index (χ1) is 8.22. The summed E-state index contributed by atoms with van der Waals surface area (Å²) in [5, 5.41) is 0. The maximum absolute atomic E-state index is 5.79. The Morgan fingerprint density at radius 2 is 1.94 bits per heavy atom. The summed E-state index contributed by atoms with van der Waals surface area (Å²) in [6.07, 6.45) is 1.80. The predicted molar refractivity (Wildman–Crippen MR) is 67.8 cm³/mol. The molecule has 2 aromatic rings. The average Bonchev–Trinajstić information content (AvgIpc) is 2.77. The lowest BCUT2D eigenvalue weighted by Crippen LogP contribution is -2.06. The SMILES string of the molecule is CC(C)Oc1ccccc1-c1ccoc1CN. The molecular weight excluding hydrogens is 214 g/mol. The van der Waals surface area contributed by atoms with E-state index in [1.807, 2.05) is 44.2 Å². The fraction of sp³-hybridized carbons (Fsp3) is 0.286. The smallest absolute Gasteiger partial charge is 0.127 e. The standard InChI is InChI=1S/C14H17NO2/c1-10(2)17-13-6-4-3-5-11(13)12-7-8-16-14(12)9-15/h3-8,10H,9,15H2,1-2H3. The van der Waals surface area contributed by atoms with Gasteiger partial charge < -0.3 is 14.9 Å². The monoisotopic (exact) mass is 231 g/mol. The van der Waals surface area contributed by atoms with Crippen LogP contribution >= 0.6 is 0 Å². The van der Waals surface area contributed by atoms with E-state index in [2.05, 4.69) is 0 Å². The van der Waals surface area contributed by atoms with Gasteiger partial charge in [0.15, 0.2) is 0 Å². The molecule has 90 valence electrons. The van der Waals surface area contributed by atoms with Crippen LogP contribution in [0, 0.1) is 0 Å². The molecule has 0 aliphatic carbocycles. The average molecular weight is 231 g/mol. The second kappa shape index (κ2) is 5.06. The van der Waals surface area contributed by atoms with E-state index in [-0.39, 0.29) is 6.10 Å². The molecule has 2 rings (SSSR count). The molecule has 0 fully saturated rings. The first kappa shape index (κ1) is 11.7. The minimum Gasteiger partial charge on any atom is -0.490 e. The lowest BCUT2D eigenvalue weighted by atomic mass is 10.1. The Kier molecular flexibility index (Phi) is 3.49. The van der Waals surface area contributed by atoms with E-state index in [1.165, 1.54) is 0 Å². The fourth-order valence-electron chi connectivity index (χ4n) is 1.78. The molecule has 0 aliphatic heterocycles. The lowest BCUT2D eigenvalue weighted by molar-refractivity contribution is 0.243. The third kappa shape index (κ3) is 2.50. The van der Waals surface area contributed by atoms with Crippen molar-refractivity contribution in [2.45, 2.75) is 26.5 Å². The third-order valence-corrected chi connectivity index (χ3v) is 2.47. The first-order valence-electron chi connectivity index (χ1n) is 5.75. The van der Waals surface area contributed by atoms with Gasteiger partial charge >= 0.3 is 0 Å². The van der Waals surface area contributed by atoms with Crippen molar-refractivity contribution >= 4 is 0 Å². The van der Waals surface area contributed by atoms with Gasteiger partial charge in [0, 0.05) is 11.1 Å². The molecule has 0 atom stereocenters. The van der Waals surface area contributed by atoms with Crippen molar-refractivity contribution in [1.29, 1.82) is 0 Å². The van der Waals surface area contributed by atoms with Crippen molar-refractivity contribution in [2.75, 3.05) is 0 Å². The van der Waals surface area contributed by atoms with Crippen molar-refractivity contribution in [3.05, 3.63) is 42.4 Å². The molecule has 0 bridgehead atoms. The Morgan fingerprint density at radius 3 is 2.65 bits per heavy atom. The molecule has 0 saturated heterocycles. The molecule has 0 unspecified atom stereocenters. The van der Waals surface area contributed by atoms with Crippen LogP contribution < -0.4 is 10.5 Å². The highest BCUT2D eigenvalue weighted by atomic mass is 16.5. The van der Waals surface area contributed by atoms with E-state index < -0.39 is 0 Å². The maximum Gasteiger partial charge on any atom is 0.127 e. The summed E-state index contributed by atoms with van der Waals surface area (Å²) >= 11 is 0. The van der Waals surface area contributed by atoms with E-state index in [0.29, 0.717) is 6.54 Å². The molecule has 2 N–H and O–H groups in total. The zero-order valence-corrected chi connectivity index (χ0v) is 10.1. The van der Waals surface area contributed by atoms with Crippen LogP contribution in [0.1, 0.15) is 19.6 Å². The second-order valence-corrected chi connectivity index (χ2v) is 4.12. The molecule has 1 aromatic carbocycles. The number of hydrogen-bond donors (Lipinski definition) is 1. The van der Waals surface area contributed by atoms with E-state index in [9.17, 15) is 0 Å². The van der Waals surface area contributed by atoms with Crippen LogP contribution in [0.4, 0.5) is 0 Å². The fourth-order valence-corrected chi connectivity index (χ4v) is 1.78. The summed E-state index contributed by atoms with van der Waals surface area (Å²) in [6, 6.07) is 9.84. The van der Waals surface area contributed by atoms with Crippen molar-refractivity contribution < 1.29 is 9.15 Å². The van der Waals surface area contributed by atoms with Crippen molar-refractivity contribution in [3.63, 3.8) is 0 Å². The van der Waals surface area contributed by atoms with Gasteiger partial charge in [-0.2, -0.15) is 0 Å². The van der Waals surface area contributed by atoms with Gasteiger partial charge in [-0.05, 0) is 26.0 Å². The molecular formula is C14H17NO2. The first-order valence-corrected chi connectivity index (χ1v) is 5.75. The highest BCUT2D eigenvalue weighted by Crippen LogP contribution is 2.33. The normalized spacial score (nSPS) is 10.8. The maximum atomic E-state index is 5.79. The molecule has 3 nitrogen and oxygen atoms in total. The van der Waals surface area contributed by atoms with Crippen LogP contribution in [-0.4, -0.2) is 6.10 Å². The van der Waals surface area contributed by atoms with E-state index in [1.54, 1.807) is 6.26 Å². The third-order valence-electron chi connectivity index (χ3n) is 2.47. The predicted octanol–water partition coefficient (Wildman–Crippen LogP) is 3.19. The summed E-state index contributed by atoms with van der Waals surface area (Å²) in [6.45, 7) is 4.41. The minimum absolute atomic E-state index is 0.143. The number of ether oxygens (including phenoxy) is 1. The van der Waals surface area contributed by atoms with Crippen molar-refractivity contribution in [2.24, 2.45) is 5.73 Å². The number of para-hydroxylation sites is 1. The van der Waals surface area contributed by atoms with Gasteiger partial charge in [0.05, 0.1) is 18.9 Å². The molecule has 3 heteroatoms. The number of benzene rings is 1. The van der Waals surface area contributed by atoms with Gasteiger partial charge in [-0.25, -0.2) is 0 Å². The Balaban J connectivity index is 2.44. The highest BCUT2D eigenvalue weighted by molar-refractivity contribution is 5.71. The van der Waals surface area contributed by atoms with Gasteiger partial charge in [0.1, 0.15) is 11.5 Å². The number of nitrogens with two attached hydrogens (primary N) is 1. The molecule has 0 aliphatic rings. The summed E-state index contributed by atoms with van der Waals surface area (Å²) in [4.78, 5) is 0. The topological polar surface area (TPSA) is 48.4 Å². The van der Waals surface area contributed by atoms with Crippen molar-refractivity contribution in [1.82, 2.24) is 0 Å². The van der Waals surface area contributed by atoms with Gasteiger partial charge in [-0.15, -0.1) is 0 Å². The second-order valence-electron chi connectivity index (χ2n) is 4.12. The van der Waals surface area contributed by atoms with Gasteiger partial charge in [0.25, 0.3) is 0 Å². The van der Waals surface area contributed by atoms with E-state index in [0.717, 1.165) is 22.6 Å². The highest BCUT2D eigenvalue weighted by Gasteiger charge is 2.12. The summed E-state index contributed by atoms with van der Waals surface area (Å²) < 4.78 is 11.1. The zero-order chi connectivity index (χ0) is 12.3. The van der Waals surface area contributed by atoms with Crippen LogP contribution in [0.2, 0.25) is 0 Å². The summed E-state index contributed by atoms with van der Waals surface area (Å²) in [7, 11) is 0. The molecule has 0 radical (unpaired) electrons. The van der Waals surface area contributed by atoms with E-state index in [4.69, 9.17) is 14.9 Å². The number of furan rings is 1. The molecule has 1 aromatic heterocycles. The number of rotatable bonds is 4. The Morgan fingerprint density at radius 1 is 1.18 bits per heavy atom. The molecule has 0 saturated carbocycles. The lowest BCUT2D eigenvalue weighted by Gasteiger charge is -2.13. The Labute approximate surface area is 101 Å². The quantitative estimate of drug-likeness (QED) is 0.879. The van der Waals surface area contributed by atoms with Gasteiger partial charge in [-0.1, -0.05) is 18.2 Å². The van der Waals surface area contributed by atoms with Crippen LogP contribution in [0.25, 0.3) is 11.1 Å². The van der Waals surface area contributed by atoms with Gasteiger partial charge in [0.2, 0.25) is 0 Å². The Hall–Kier alpha value is -1.74. The van der Waals surface area contributed by atoms with Crippen LogP contribution in [-0.2, 0) is 6.54 Å². The Bertz CT molecular complexity index is 488. The molecule has 17 heavy (non-hydrogen) atoms. The largest absolute Gasteiger partial charge is 0.490 e. The van der Waals surface area contributed by atoms with Crippen LogP contribution in [0.5, 0.6) is 5.75 Å². The summed E-state index contributed by atoms with van der Waals surface area (Å²) in [5.41, 5.74) is 7.68. The molecule has 0 spiro atoms. The van der Waals surface area contributed by atoms with Crippen LogP contribution in [0.3, 0.4) is 0 Å². The number of hydrogen-bond acceptors (Lipinski definition) is 3. The van der Waals surface area contributed by atoms with Crippen molar-refractivity contribution in [3.8, 4) is 16.9 Å². The molecule has 1 heterocycles. The minimum atomic E-state index is 0.143. The zero-order valence-electron chi connectivity index (χ0n) is 10.1. The van der Waals surface area contributed by atoms with E-state index >= 15 is 0 Å².